The van der Waals surface area contributed by atoms with Gasteiger partial charge in [0.15, 0.2) is 5.60 Å². The van der Waals surface area contributed by atoms with E-state index in [9.17, 15) is 22.7 Å². The van der Waals surface area contributed by atoms with Crippen molar-refractivity contribution < 1.29 is 22.7 Å². The van der Waals surface area contributed by atoms with Crippen LogP contribution in [0.4, 0.5) is 23.2 Å². The molecule has 0 radical (unpaired) electrons. The molecule has 2 aromatic rings. The second kappa shape index (κ2) is 4.81. The van der Waals surface area contributed by atoms with Crippen molar-refractivity contribution in [1.82, 2.24) is 4.98 Å². The number of aryl methyl sites for hydroxylation is 1. The maximum Gasteiger partial charge on any atom is 0.418 e. The van der Waals surface area contributed by atoms with Gasteiger partial charge in [0.1, 0.15) is 5.82 Å². The number of alkyl halides is 3. The molecule has 0 spiro atoms. The Morgan fingerprint density at radius 3 is 2.64 bits per heavy atom. The average Bonchev–Trinajstić information content (AvgIpc) is 2.82. The summed E-state index contributed by atoms with van der Waals surface area (Å²) >= 11 is 0. The van der Waals surface area contributed by atoms with Gasteiger partial charge >= 0.3 is 6.18 Å². The number of benzene rings is 1. The Hall–Kier alpha value is -1.89. The lowest BCUT2D eigenvalue weighted by atomic mass is 10.0. The lowest BCUT2D eigenvalue weighted by Crippen LogP contribution is -2.47. The van der Waals surface area contributed by atoms with Gasteiger partial charge in [-0.3, -0.25) is 4.98 Å². The van der Waals surface area contributed by atoms with Crippen LogP contribution in [0.25, 0.3) is 10.9 Å². The summed E-state index contributed by atoms with van der Waals surface area (Å²) in [6.45, 7) is 1.20. The Balaban J connectivity index is 2.06. The van der Waals surface area contributed by atoms with Gasteiger partial charge in [-0.05, 0) is 31.2 Å². The van der Waals surface area contributed by atoms with E-state index in [1.165, 1.54) is 23.1 Å². The summed E-state index contributed by atoms with van der Waals surface area (Å²) in [6.07, 6.45) is -5.10. The maximum atomic E-state index is 13.5. The molecule has 118 valence electrons. The molecule has 1 fully saturated rings. The molecule has 1 aliphatic rings. The van der Waals surface area contributed by atoms with Crippen molar-refractivity contribution in [3.8, 4) is 0 Å². The highest BCUT2D eigenvalue weighted by Gasteiger charge is 2.57. The van der Waals surface area contributed by atoms with Gasteiger partial charge in [0, 0.05) is 29.7 Å². The van der Waals surface area contributed by atoms with Crippen molar-refractivity contribution in [2.45, 2.75) is 25.1 Å². The minimum Gasteiger partial charge on any atom is -0.379 e. The number of hydrogen-bond acceptors (Lipinski definition) is 3. The van der Waals surface area contributed by atoms with Crippen LogP contribution in [0.15, 0.2) is 24.3 Å². The van der Waals surface area contributed by atoms with E-state index in [1.54, 1.807) is 13.0 Å². The first kappa shape index (κ1) is 15.0. The van der Waals surface area contributed by atoms with Gasteiger partial charge in [0.25, 0.3) is 0 Å². The fraction of sp³-hybridized carbons (Fsp3) is 0.400. The predicted octanol–water partition coefficient (Wildman–Crippen LogP) is 3.19. The number of aliphatic hydroxyl groups is 1. The summed E-state index contributed by atoms with van der Waals surface area (Å²) in [4.78, 5) is 5.69. The fourth-order valence-electron chi connectivity index (χ4n) is 2.80. The van der Waals surface area contributed by atoms with E-state index < -0.39 is 30.6 Å². The number of β-amino-alcohol motifs (C(OH)–C–C–N with tert-alkyl or cyclic N) is 1. The third kappa shape index (κ3) is 2.39. The van der Waals surface area contributed by atoms with Crippen molar-refractivity contribution in [2.75, 3.05) is 18.0 Å². The van der Waals surface area contributed by atoms with Gasteiger partial charge in [0.05, 0.1) is 12.1 Å². The second-order valence-electron chi connectivity index (χ2n) is 5.65. The molecular weight excluding hydrogens is 300 g/mol. The van der Waals surface area contributed by atoms with E-state index >= 15 is 0 Å². The molecule has 1 aromatic heterocycles. The minimum absolute atomic E-state index is 0.0467. The van der Waals surface area contributed by atoms with Crippen LogP contribution in [-0.2, 0) is 0 Å². The van der Waals surface area contributed by atoms with Gasteiger partial charge < -0.3 is 10.0 Å². The maximum absolute atomic E-state index is 13.5. The lowest BCUT2D eigenvalue weighted by Gasteiger charge is -2.27. The molecule has 1 aliphatic heterocycles. The Morgan fingerprint density at radius 1 is 1.27 bits per heavy atom. The number of rotatable bonds is 1. The van der Waals surface area contributed by atoms with Crippen molar-refractivity contribution in [2.24, 2.45) is 0 Å². The van der Waals surface area contributed by atoms with E-state index in [4.69, 9.17) is 0 Å². The molecule has 1 aromatic carbocycles. The first-order chi connectivity index (χ1) is 10.2. The predicted molar refractivity (Wildman–Crippen MR) is 74.3 cm³/mol. The zero-order valence-electron chi connectivity index (χ0n) is 11.8. The normalized spacial score (nSPS) is 22.5. The third-order valence-corrected chi connectivity index (χ3v) is 3.99. The van der Waals surface area contributed by atoms with Crippen molar-refractivity contribution >= 4 is 16.6 Å². The molecule has 1 N–H and O–H groups in total. The van der Waals surface area contributed by atoms with E-state index in [1.807, 2.05) is 0 Å². The highest BCUT2D eigenvalue weighted by molar-refractivity contribution is 5.92. The molecule has 7 heteroatoms. The Bertz CT molecular complexity index is 731. The van der Waals surface area contributed by atoms with Crippen LogP contribution in [0.5, 0.6) is 0 Å². The molecule has 0 saturated carbocycles. The molecule has 1 saturated heterocycles. The number of hydrogen-bond donors (Lipinski definition) is 1. The second-order valence-corrected chi connectivity index (χ2v) is 5.65. The molecule has 22 heavy (non-hydrogen) atoms. The fourth-order valence-corrected chi connectivity index (χ4v) is 2.80. The molecule has 3 rings (SSSR count). The largest absolute Gasteiger partial charge is 0.418 e. The SMILES string of the molecule is Cc1cc(N2CCC(O)(C(F)(F)F)C2)c2cc(F)ccc2n1. The zero-order valence-corrected chi connectivity index (χ0v) is 11.8. The number of aromatic nitrogens is 1. The van der Waals surface area contributed by atoms with Crippen LogP contribution in [0, 0.1) is 12.7 Å². The van der Waals surface area contributed by atoms with Gasteiger partial charge in [-0.15, -0.1) is 0 Å². The van der Waals surface area contributed by atoms with Crippen LogP contribution < -0.4 is 4.90 Å². The summed E-state index contributed by atoms with van der Waals surface area (Å²) in [5.41, 5.74) is -1.14. The number of pyridine rings is 1. The molecule has 1 atom stereocenters. The monoisotopic (exact) mass is 314 g/mol. The van der Waals surface area contributed by atoms with E-state index in [0.717, 1.165) is 0 Å². The van der Waals surface area contributed by atoms with Gasteiger partial charge in [0.2, 0.25) is 0 Å². The molecule has 0 amide bonds. The van der Waals surface area contributed by atoms with E-state index in [-0.39, 0.29) is 6.54 Å². The molecule has 2 heterocycles. The molecule has 0 aliphatic carbocycles. The Morgan fingerprint density at radius 2 is 2.00 bits per heavy atom. The number of fused-ring (bicyclic) bond motifs is 1. The quantitative estimate of drug-likeness (QED) is 0.821. The number of anilines is 1. The van der Waals surface area contributed by atoms with Crippen LogP contribution in [0.3, 0.4) is 0 Å². The van der Waals surface area contributed by atoms with Gasteiger partial charge in [-0.2, -0.15) is 13.2 Å². The summed E-state index contributed by atoms with van der Waals surface area (Å²) in [5.74, 6) is -0.482. The van der Waals surface area contributed by atoms with Crippen LogP contribution in [-0.4, -0.2) is 35.0 Å². The summed E-state index contributed by atoms with van der Waals surface area (Å²) in [5, 5.41) is 10.2. The molecule has 0 bridgehead atoms. The average molecular weight is 314 g/mol. The molecule has 1 unspecified atom stereocenters. The molecular formula is C15H14F4N2O. The first-order valence-electron chi connectivity index (χ1n) is 6.81. The smallest absolute Gasteiger partial charge is 0.379 e. The lowest BCUT2D eigenvalue weighted by molar-refractivity contribution is -0.250. The van der Waals surface area contributed by atoms with Crippen LogP contribution in [0.1, 0.15) is 12.1 Å². The van der Waals surface area contributed by atoms with Crippen molar-refractivity contribution in [3.63, 3.8) is 0 Å². The van der Waals surface area contributed by atoms with Crippen molar-refractivity contribution in [3.05, 3.63) is 35.8 Å². The molecule has 3 nitrogen and oxygen atoms in total. The standard InChI is InChI=1S/C15H14F4N2O/c1-9-6-13(11-7-10(16)2-3-12(11)20-9)21-5-4-14(22,8-21)15(17,18)19/h2-3,6-7,22H,4-5,8H2,1H3. The van der Waals surface area contributed by atoms with Crippen LogP contribution >= 0.6 is 0 Å². The third-order valence-electron chi connectivity index (χ3n) is 3.99. The topological polar surface area (TPSA) is 36.4 Å². The Labute approximate surface area is 124 Å². The summed E-state index contributed by atoms with van der Waals surface area (Å²) in [6, 6.07) is 5.62. The highest BCUT2D eigenvalue weighted by Crippen LogP contribution is 2.40. The summed E-state index contributed by atoms with van der Waals surface area (Å²) < 4.78 is 52.3. The number of halogens is 4. The number of nitrogens with zero attached hydrogens (tertiary/aromatic N) is 2. The minimum atomic E-state index is -4.69. The zero-order chi connectivity index (χ0) is 16.1. The highest BCUT2D eigenvalue weighted by atomic mass is 19.4. The van der Waals surface area contributed by atoms with Gasteiger partial charge in [-0.25, -0.2) is 4.39 Å². The summed E-state index contributed by atoms with van der Waals surface area (Å²) in [7, 11) is 0. The van der Waals surface area contributed by atoms with E-state index in [0.29, 0.717) is 22.3 Å². The van der Waals surface area contributed by atoms with Crippen molar-refractivity contribution in [1.29, 1.82) is 0 Å². The van der Waals surface area contributed by atoms with E-state index in [2.05, 4.69) is 4.98 Å². The van der Waals surface area contributed by atoms with Gasteiger partial charge in [-0.1, -0.05) is 0 Å². The van der Waals surface area contributed by atoms with Crippen LogP contribution in [0.2, 0.25) is 0 Å². The Kier molecular flexibility index (Phi) is 3.28. The first-order valence-corrected chi connectivity index (χ1v) is 6.81.